The van der Waals surface area contributed by atoms with Gasteiger partial charge in [0.15, 0.2) is 15.6 Å². The number of amides is 1. The van der Waals surface area contributed by atoms with Crippen LogP contribution in [0.4, 0.5) is 15.8 Å². The van der Waals surface area contributed by atoms with Gasteiger partial charge < -0.3 is 15.0 Å². The number of ether oxygens (including phenoxy) is 1. The number of non-ortho nitro benzene ring substituents is 1. The van der Waals surface area contributed by atoms with Gasteiger partial charge in [-0.15, -0.1) is 0 Å². The second-order valence-electron chi connectivity index (χ2n) is 7.94. The normalized spacial score (nSPS) is 13.9. The largest absolute Gasteiger partial charge is 0.423 e. The van der Waals surface area contributed by atoms with E-state index in [1.165, 1.54) is 17.0 Å². The number of nitro groups is 1. The van der Waals surface area contributed by atoms with Crippen molar-refractivity contribution in [1.82, 2.24) is 5.32 Å². The third kappa shape index (κ3) is 5.33. The fraction of sp³-hybridized carbons (Fsp3) is 0.167. The Morgan fingerprint density at radius 2 is 1.81 bits per heavy atom. The Morgan fingerprint density at radius 1 is 1.11 bits per heavy atom. The van der Waals surface area contributed by atoms with Crippen molar-refractivity contribution in [3.05, 3.63) is 94.3 Å². The molecule has 186 valence electrons. The maximum atomic E-state index is 13.3. The molecular formula is C24H20FN3O7S. The molecule has 10 nitrogen and oxygen atoms in total. The topological polar surface area (TPSA) is 136 Å². The van der Waals surface area contributed by atoms with Crippen LogP contribution in [-0.2, 0) is 19.4 Å². The summed E-state index contributed by atoms with van der Waals surface area (Å²) in [6, 6.07) is 16.4. The Kier molecular flexibility index (Phi) is 6.97. The number of anilines is 1. The van der Waals surface area contributed by atoms with Crippen molar-refractivity contribution < 1.29 is 32.1 Å². The number of nitrogens with one attached hydrogen (secondary N) is 1. The molecule has 1 N–H and O–H groups in total. The van der Waals surface area contributed by atoms with Gasteiger partial charge in [0.25, 0.3) is 5.69 Å². The lowest BCUT2D eigenvalue weighted by molar-refractivity contribution is -0.384. The number of halogens is 1. The smallest absolute Gasteiger partial charge is 0.331 e. The highest BCUT2D eigenvalue weighted by Crippen LogP contribution is 2.35. The number of esters is 1. The van der Waals surface area contributed by atoms with Gasteiger partial charge in [-0.05, 0) is 35.9 Å². The Balaban J connectivity index is 1.53. The number of carbonyl (C=O) groups is 2. The first kappa shape index (κ1) is 24.8. The maximum absolute atomic E-state index is 13.3. The van der Waals surface area contributed by atoms with Crippen molar-refractivity contribution in [2.24, 2.45) is 0 Å². The van der Waals surface area contributed by atoms with E-state index in [2.05, 4.69) is 5.32 Å². The van der Waals surface area contributed by atoms with Crippen LogP contribution in [0.25, 0.3) is 0 Å². The number of nitro benzene ring substituents is 1. The van der Waals surface area contributed by atoms with Gasteiger partial charge in [0.1, 0.15) is 17.6 Å². The number of carbonyl (C=O) groups excluding carboxylic acids is 2. The Labute approximate surface area is 205 Å². The summed E-state index contributed by atoms with van der Waals surface area (Å²) in [7, 11) is -4.00. The van der Waals surface area contributed by atoms with Gasteiger partial charge in [-0.2, -0.15) is 0 Å². The predicted octanol–water partition coefficient (Wildman–Crippen LogP) is 2.79. The molecule has 12 heteroatoms. The van der Waals surface area contributed by atoms with E-state index in [1.54, 1.807) is 30.3 Å². The average Bonchev–Trinajstić information content (AvgIpc) is 2.84. The molecule has 1 atom stereocenters. The molecule has 0 aliphatic carbocycles. The standard InChI is InChI=1S/C24H20FN3O7S/c25-17-6-9-19(10-7-17)36(33,34)22(16-4-2-1-3-5-16)13-26-23(29)14-27-15-24(30)35-21-12-18(28(31)32)8-11-20(21)27/h1-12,22H,13-15H2,(H,26,29). The fourth-order valence-electron chi connectivity index (χ4n) is 3.80. The fourth-order valence-corrected chi connectivity index (χ4v) is 5.46. The van der Waals surface area contributed by atoms with E-state index in [0.29, 0.717) is 11.3 Å². The van der Waals surface area contributed by atoms with Crippen LogP contribution in [0.2, 0.25) is 0 Å². The molecular weight excluding hydrogens is 493 g/mol. The summed E-state index contributed by atoms with van der Waals surface area (Å²) in [5.74, 6) is -1.90. The molecule has 4 rings (SSSR count). The first-order valence-electron chi connectivity index (χ1n) is 10.7. The highest BCUT2D eigenvalue weighted by atomic mass is 32.2. The number of sulfone groups is 1. The molecule has 36 heavy (non-hydrogen) atoms. The number of fused-ring (bicyclic) bond motifs is 1. The van der Waals surface area contributed by atoms with Crippen LogP contribution >= 0.6 is 0 Å². The quantitative estimate of drug-likeness (QED) is 0.160. The molecule has 1 amide bonds. The Bertz CT molecular complexity index is 1410. The van der Waals surface area contributed by atoms with E-state index in [1.807, 2.05) is 0 Å². The number of rotatable bonds is 8. The lowest BCUT2D eigenvalue weighted by Gasteiger charge is -2.29. The lowest BCUT2D eigenvalue weighted by Crippen LogP contribution is -2.44. The lowest BCUT2D eigenvalue weighted by atomic mass is 10.1. The molecule has 0 fully saturated rings. The zero-order valence-electron chi connectivity index (χ0n) is 18.7. The van der Waals surface area contributed by atoms with Crippen molar-refractivity contribution in [3.8, 4) is 5.75 Å². The molecule has 0 radical (unpaired) electrons. The molecule has 0 aromatic heterocycles. The SMILES string of the molecule is O=C(CN1CC(=O)Oc2cc([N+](=O)[O-])ccc21)NCC(c1ccccc1)S(=O)(=O)c1ccc(F)cc1. The highest BCUT2D eigenvalue weighted by molar-refractivity contribution is 7.91. The number of nitrogens with zero attached hydrogens (tertiary/aromatic N) is 2. The third-order valence-corrected chi connectivity index (χ3v) is 7.66. The molecule has 3 aromatic carbocycles. The Morgan fingerprint density at radius 3 is 2.47 bits per heavy atom. The second-order valence-corrected chi connectivity index (χ2v) is 10.1. The summed E-state index contributed by atoms with van der Waals surface area (Å²) in [5, 5.41) is 12.5. The van der Waals surface area contributed by atoms with Crippen LogP contribution < -0.4 is 15.0 Å². The van der Waals surface area contributed by atoms with Gasteiger partial charge >= 0.3 is 5.97 Å². The van der Waals surface area contributed by atoms with E-state index in [0.717, 1.165) is 30.3 Å². The van der Waals surface area contributed by atoms with Gasteiger partial charge in [-0.3, -0.25) is 14.9 Å². The van der Waals surface area contributed by atoms with E-state index in [4.69, 9.17) is 4.74 Å². The van der Waals surface area contributed by atoms with Gasteiger partial charge in [-0.25, -0.2) is 17.6 Å². The highest BCUT2D eigenvalue weighted by Gasteiger charge is 2.31. The maximum Gasteiger partial charge on any atom is 0.331 e. The van der Waals surface area contributed by atoms with Crippen molar-refractivity contribution in [2.45, 2.75) is 10.1 Å². The van der Waals surface area contributed by atoms with Gasteiger partial charge in [0.2, 0.25) is 5.91 Å². The van der Waals surface area contributed by atoms with Crippen molar-refractivity contribution >= 4 is 33.1 Å². The van der Waals surface area contributed by atoms with E-state index < -0.39 is 37.7 Å². The van der Waals surface area contributed by atoms with E-state index in [9.17, 15) is 32.5 Å². The summed E-state index contributed by atoms with van der Waals surface area (Å²) in [6.07, 6.45) is 0. The molecule has 3 aromatic rings. The van der Waals surface area contributed by atoms with Gasteiger partial charge in [0, 0.05) is 12.6 Å². The van der Waals surface area contributed by atoms with E-state index >= 15 is 0 Å². The average molecular weight is 514 g/mol. The summed E-state index contributed by atoms with van der Waals surface area (Å²) in [6.45, 7) is -0.875. The van der Waals surface area contributed by atoms with Gasteiger partial charge in [0.05, 0.1) is 28.1 Å². The van der Waals surface area contributed by atoms with Crippen LogP contribution in [0.5, 0.6) is 5.75 Å². The Hall–Kier alpha value is -4.32. The van der Waals surface area contributed by atoms with Crippen LogP contribution in [0, 0.1) is 15.9 Å². The van der Waals surface area contributed by atoms with E-state index in [-0.39, 0.29) is 36.0 Å². The van der Waals surface area contributed by atoms with Gasteiger partial charge in [-0.1, -0.05) is 30.3 Å². The summed E-state index contributed by atoms with van der Waals surface area (Å²) >= 11 is 0. The van der Waals surface area contributed by atoms with Crippen LogP contribution in [0.1, 0.15) is 10.8 Å². The summed E-state index contributed by atoms with van der Waals surface area (Å²) in [4.78, 5) is 36.4. The second kappa shape index (κ2) is 10.1. The van der Waals surface area contributed by atoms with Crippen molar-refractivity contribution in [3.63, 3.8) is 0 Å². The number of benzene rings is 3. The molecule has 1 unspecified atom stereocenters. The monoisotopic (exact) mass is 513 g/mol. The molecule has 0 spiro atoms. The molecule has 0 bridgehead atoms. The minimum Gasteiger partial charge on any atom is -0.423 e. The molecule has 1 aliphatic heterocycles. The van der Waals surface area contributed by atoms with Crippen molar-refractivity contribution in [1.29, 1.82) is 0 Å². The third-order valence-electron chi connectivity index (χ3n) is 5.55. The zero-order chi connectivity index (χ0) is 25.9. The predicted molar refractivity (Wildman–Crippen MR) is 127 cm³/mol. The molecule has 0 saturated carbocycles. The first-order valence-corrected chi connectivity index (χ1v) is 12.2. The minimum absolute atomic E-state index is 0.0469. The summed E-state index contributed by atoms with van der Waals surface area (Å²) in [5.41, 5.74) is 0.472. The minimum atomic E-state index is -4.00. The first-order chi connectivity index (χ1) is 17.1. The summed E-state index contributed by atoms with van der Waals surface area (Å²) < 4.78 is 45.1. The van der Waals surface area contributed by atoms with Crippen LogP contribution in [-0.4, -0.2) is 44.9 Å². The zero-order valence-corrected chi connectivity index (χ0v) is 19.5. The van der Waals surface area contributed by atoms with Crippen LogP contribution in [0.3, 0.4) is 0 Å². The molecule has 1 aliphatic rings. The van der Waals surface area contributed by atoms with Crippen LogP contribution in [0.15, 0.2) is 77.7 Å². The number of hydrogen-bond donors (Lipinski definition) is 1. The van der Waals surface area contributed by atoms with Crippen molar-refractivity contribution in [2.75, 3.05) is 24.5 Å². The number of hydrogen-bond acceptors (Lipinski definition) is 8. The molecule has 0 saturated heterocycles. The molecule has 1 heterocycles.